The van der Waals surface area contributed by atoms with Crippen molar-refractivity contribution < 1.29 is 8.42 Å². The first-order valence-corrected chi connectivity index (χ1v) is 9.59. The summed E-state index contributed by atoms with van der Waals surface area (Å²) in [5.41, 5.74) is 0.831. The molecule has 23 heavy (non-hydrogen) atoms. The number of nitrogens with zero attached hydrogens (tertiary/aromatic N) is 2. The van der Waals surface area contributed by atoms with Gasteiger partial charge >= 0.3 is 0 Å². The van der Waals surface area contributed by atoms with Crippen molar-refractivity contribution in [1.82, 2.24) is 10.2 Å². The molecule has 0 spiro atoms. The summed E-state index contributed by atoms with van der Waals surface area (Å²) in [6.45, 7) is 7.57. The minimum Gasteiger partial charge on any atom is -0.357 e. The first-order valence-electron chi connectivity index (χ1n) is 8.05. The molecule has 0 saturated carbocycles. The maximum atomic E-state index is 11.4. The van der Waals surface area contributed by atoms with Gasteiger partial charge in [-0.2, -0.15) is 0 Å². The number of guanidine groups is 1. The van der Waals surface area contributed by atoms with E-state index in [9.17, 15) is 8.42 Å². The van der Waals surface area contributed by atoms with Crippen molar-refractivity contribution >= 4 is 16.0 Å². The topological polar surface area (TPSA) is 87.8 Å². The summed E-state index contributed by atoms with van der Waals surface area (Å²) in [6, 6.07) is 6.64. The van der Waals surface area contributed by atoms with Gasteiger partial charge < -0.3 is 10.2 Å². The van der Waals surface area contributed by atoms with Gasteiger partial charge in [0.1, 0.15) is 0 Å². The zero-order chi connectivity index (χ0) is 16.9. The predicted molar refractivity (Wildman–Crippen MR) is 92.6 cm³/mol. The Balaban J connectivity index is 2.11. The summed E-state index contributed by atoms with van der Waals surface area (Å²) in [5, 5.41) is 8.49. The maximum Gasteiger partial charge on any atom is 0.238 e. The van der Waals surface area contributed by atoms with Crippen LogP contribution in [0.3, 0.4) is 0 Å². The van der Waals surface area contributed by atoms with Crippen LogP contribution in [0.15, 0.2) is 34.2 Å². The summed E-state index contributed by atoms with van der Waals surface area (Å²) < 4.78 is 22.9. The average molecular weight is 338 g/mol. The molecule has 0 amide bonds. The highest BCUT2D eigenvalue weighted by atomic mass is 32.2. The lowest BCUT2D eigenvalue weighted by Gasteiger charge is -2.33. The Morgan fingerprint density at radius 2 is 2.09 bits per heavy atom. The number of nitrogens with two attached hydrogens (primary N) is 1. The van der Waals surface area contributed by atoms with Gasteiger partial charge in [-0.25, -0.2) is 18.5 Å². The summed E-state index contributed by atoms with van der Waals surface area (Å²) in [5.74, 6) is 1.65. The summed E-state index contributed by atoms with van der Waals surface area (Å²) >= 11 is 0. The highest BCUT2D eigenvalue weighted by molar-refractivity contribution is 7.89. The molecule has 0 atom stereocenters. The van der Waals surface area contributed by atoms with Crippen molar-refractivity contribution in [3.05, 3.63) is 29.8 Å². The number of primary sulfonamides is 1. The molecule has 2 rings (SSSR count). The van der Waals surface area contributed by atoms with Crippen LogP contribution in [0.5, 0.6) is 0 Å². The third-order valence-corrected chi connectivity index (χ3v) is 4.97. The van der Waals surface area contributed by atoms with E-state index in [1.54, 1.807) is 12.1 Å². The van der Waals surface area contributed by atoms with Gasteiger partial charge in [0.2, 0.25) is 10.0 Å². The Bertz CT molecular complexity index is 650. The van der Waals surface area contributed by atoms with Crippen LogP contribution >= 0.6 is 0 Å². The third kappa shape index (κ3) is 5.21. The Morgan fingerprint density at radius 1 is 1.39 bits per heavy atom. The normalized spacial score (nSPS) is 17.3. The molecule has 1 saturated heterocycles. The van der Waals surface area contributed by atoms with E-state index in [0.717, 1.165) is 37.1 Å². The lowest BCUT2D eigenvalue weighted by atomic mass is 10.00. The van der Waals surface area contributed by atoms with Crippen molar-refractivity contribution in [2.75, 3.05) is 19.6 Å². The number of likely N-dealkylation sites (tertiary alicyclic amines) is 1. The molecule has 1 heterocycles. The van der Waals surface area contributed by atoms with E-state index in [-0.39, 0.29) is 4.90 Å². The summed E-state index contributed by atoms with van der Waals surface area (Å²) in [4.78, 5) is 7.05. The van der Waals surface area contributed by atoms with E-state index in [1.807, 2.05) is 13.0 Å². The van der Waals surface area contributed by atoms with Gasteiger partial charge in [-0.05, 0) is 43.4 Å². The first-order chi connectivity index (χ1) is 10.9. The largest absolute Gasteiger partial charge is 0.357 e. The van der Waals surface area contributed by atoms with Gasteiger partial charge in [-0.15, -0.1) is 0 Å². The van der Waals surface area contributed by atoms with E-state index in [1.165, 1.54) is 18.9 Å². The highest BCUT2D eigenvalue weighted by Crippen LogP contribution is 2.16. The van der Waals surface area contributed by atoms with E-state index < -0.39 is 10.0 Å². The van der Waals surface area contributed by atoms with E-state index in [0.29, 0.717) is 6.54 Å². The number of nitrogens with one attached hydrogen (secondary N) is 1. The Hall–Kier alpha value is -1.60. The quantitative estimate of drug-likeness (QED) is 0.644. The van der Waals surface area contributed by atoms with Gasteiger partial charge in [0.15, 0.2) is 5.96 Å². The van der Waals surface area contributed by atoms with Gasteiger partial charge in [-0.1, -0.05) is 19.1 Å². The minimum absolute atomic E-state index is 0.127. The predicted octanol–water partition coefficient (Wildman–Crippen LogP) is 1.53. The fraction of sp³-hybridized carbons (Fsp3) is 0.562. The van der Waals surface area contributed by atoms with Crippen LogP contribution in [0.25, 0.3) is 0 Å². The monoisotopic (exact) mass is 338 g/mol. The van der Waals surface area contributed by atoms with Crippen molar-refractivity contribution in [2.24, 2.45) is 16.0 Å². The average Bonchev–Trinajstić information content (AvgIpc) is 2.52. The van der Waals surface area contributed by atoms with Crippen molar-refractivity contribution in [1.29, 1.82) is 0 Å². The van der Waals surface area contributed by atoms with Crippen molar-refractivity contribution in [3.8, 4) is 0 Å². The minimum atomic E-state index is -3.68. The lowest BCUT2D eigenvalue weighted by Crippen LogP contribution is -2.45. The molecule has 1 aliphatic heterocycles. The van der Waals surface area contributed by atoms with Crippen molar-refractivity contribution in [3.63, 3.8) is 0 Å². The molecule has 0 aromatic heterocycles. The molecular formula is C16H26N4O2S. The fourth-order valence-corrected chi connectivity index (χ4v) is 3.22. The second-order valence-electron chi connectivity index (χ2n) is 6.03. The van der Waals surface area contributed by atoms with Gasteiger partial charge in [0.05, 0.1) is 11.4 Å². The highest BCUT2D eigenvalue weighted by Gasteiger charge is 2.18. The smallest absolute Gasteiger partial charge is 0.238 e. The van der Waals surface area contributed by atoms with Gasteiger partial charge in [0, 0.05) is 19.6 Å². The van der Waals surface area contributed by atoms with Gasteiger partial charge in [0.25, 0.3) is 0 Å². The number of hydrogen-bond acceptors (Lipinski definition) is 3. The summed E-state index contributed by atoms with van der Waals surface area (Å²) in [7, 11) is -3.68. The van der Waals surface area contributed by atoms with E-state index in [2.05, 4.69) is 22.1 Å². The molecule has 1 fully saturated rings. The standard InChI is InChI=1S/C16H26N4O2S/c1-3-18-16(20-9-7-13(2)8-10-20)19-12-14-5-4-6-15(11-14)23(17,21)22/h4-6,11,13H,3,7-10,12H2,1-2H3,(H,18,19)(H2,17,21,22). The van der Waals surface area contributed by atoms with E-state index in [4.69, 9.17) is 5.14 Å². The van der Waals surface area contributed by atoms with Gasteiger partial charge in [-0.3, -0.25) is 0 Å². The van der Waals surface area contributed by atoms with Crippen LogP contribution in [-0.2, 0) is 16.6 Å². The van der Waals surface area contributed by atoms with Crippen LogP contribution in [0.1, 0.15) is 32.3 Å². The molecule has 1 aromatic rings. The van der Waals surface area contributed by atoms with Crippen LogP contribution in [0.4, 0.5) is 0 Å². The molecule has 0 aliphatic carbocycles. The molecule has 0 unspecified atom stereocenters. The first kappa shape index (κ1) is 17.7. The molecule has 1 aromatic carbocycles. The Morgan fingerprint density at radius 3 is 2.70 bits per heavy atom. The second kappa shape index (κ2) is 7.79. The number of piperidine rings is 1. The second-order valence-corrected chi connectivity index (χ2v) is 7.59. The zero-order valence-electron chi connectivity index (χ0n) is 13.8. The molecule has 1 aliphatic rings. The Labute approximate surface area is 138 Å². The third-order valence-electron chi connectivity index (χ3n) is 4.06. The van der Waals surface area contributed by atoms with Crippen LogP contribution in [0, 0.1) is 5.92 Å². The number of hydrogen-bond donors (Lipinski definition) is 2. The van der Waals surface area contributed by atoms with Crippen molar-refractivity contribution in [2.45, 2.75) is 38.1 Å². The molecule has 128 valence electrons. The molecule has 3 N–H and O–H groups in total. The molecule has 0 bridgehead atoms. The van der Waals surface area contributed by atoms with E-state index >= 15 is 0 Å². The molecular weight excluding hydrogens is 312 g/mol. The number of sulfonamides is 1. The molecule has 6 nitrogen and oxygen atoms in total. The zero-order valence-corrected chi connectivity index (χ0v) is 14.6. The molecule has 7 heteroatoms. The van der Waals surface area contributed by atoms with Crippen LogP contribution in [-0.4, -0.2) is 38.9 Å². The number of aliphatic imine (C=N–C) groups is 1. The fourth-order valence-electron chi connectivity index (χ4n) is 2.63. The summed E-state index contributed by atoms with van der Waals surface area (Å²) in [6.07, 6.45) is 2.34. The molecule has 0 radical (unpaired) electrons. The number of benzene rings is 1. The SMILES string of the molecule is CCNC(=NCc1cccc(S(N)(=O)=O)c1)N1CCC(C)CC1. The number of rotatable bonds is 4. The maximum absolute atomic E-state index is 11.4. The van der Waals surface area contributed by atoms with Crippen LogP contribution in [0.2, 0.25) is 0 Å². The Kier molecular flexibility index (Phi) is 6.01. The van der Waals surface area contributed by atoms with Crippen LogP contribution < -0.4 is 10.5 Å². The lowest BCUT2D eigenvalue weighted by molar-refractivity contribution is 0.273.